The van der Waals surface area contributed by atoms with E-state index in [2.05, 4.69) is 12.2 Å². The molecule has 1 N–H and O–H groups in total. The molecule has 0 amide bonds. The molecule has 1 fully saturated rings. The summed E-state index contributed by atoms with van der Waals surface area (Å²) in [4.78, 5) is 11.5. The normalized spacial score (nSPS) is 17.5. The minimum absolute atomic E-state index is 0.0738. The quantitative estimate of drug-likeness (QED) is 0.850. The number of hydrogen-bond donors (Lipinski definition) is 1. The summed E-state index contributed by atoms with van der Waals surface area (Å²) in [5.74, 6) is 0.912. The Hall–Kier alpha value is -1.25. The van der Waals surface area contributed by atoms with Gasteiger partial charge < -0.3 is 9.88 Å². The van der Waals surface area contributed by atoms with Crippen LogP contribution >= 0.6 is 0 Å². The standard InChI is InChI=1S/C14H22N2O/c1-3-16-10-13(7-8-14(16)17)15-11(2)9-12-5-4-6-12/h7-8,10-12,15H,3-6,9H2,1-2H3. The maximum atomic E-state index is 11.5. The SMILES string of the molecule is CCn1cc(NC(C)CC2CCC2)ccc1=O. The third kappa shape index (κ3) is 3.11. The van der Waals surface area contributed by atoms with Gasteiger partial charge in [-0.25, -0.2) is 0 Å². The zero-order chi connectivity index (χ0) is 12.3. The van der Waals surface area contributed by atoms with Crippen molar-refractivity contribution in [1.82, 2.24) is 4.57 Å². The van der Waals surface area contributed by atoms with Crippen molar-refractivity contribution in [1.29, 1.82) is 0 Å². The Morgan fingerprint density at radius 3 is 2.82 bits per heavy atom. The van der Waals surface area contributed by atoms with Gasteiger partial charge in [0.1, 0.15) is 0 Å². The van der Waals surface area contributed by atoms with E-state index in [1.165, 1.54) is 25.7 Å². The van der Waals surface area contributed by atoms with Gasteiger partial charge in [-0.2, -0.15) is 0 Å². The summed E-state index contributed by atoms with van der Waals surface area (Å²) in [7, 11) is 0. The zero-order valence-electron chi connectivity index (χ0n) is 10.8. The van der Waals surface area contributed by atoms with Gasteiger partial charge in [-0.3, -0.25) is 4.79 Å². The molecule has 3 heteroatoms. The van der Waals surface area contributed by atoms with E-state index in [0.717, 1.165) is 18.2 Å². The van der Waals surface area contributed by atoms with Gasteiger partial charge >= 0.3 is 0 Å². The first-order chi connectivity index (χ1) is 8.19. The fraction of sp³-hybridized carbons (Fsp3) is 0.643. The van der Waals surface area contributed by atoms with Crippen LogP contribution in [0.5, 0.6) is 0 Å². The third-order valence-electron chi connectivity index (χ3n) is 3.65. The molecule has 1 unspecified atom stereocenters. The molecule has 1 heterocycles. The van der Waals surface area contributed by atoms with Gasteiger partial charge in [0.05, 0.1) is 5.69 Å². The van der Waals surface area contributed by atoms with E-state index in [4.69, 9.17) is 0 Å². The predicted molar refractivity (Wildman–Crippen MR) is 71.4 cm³/mol. The van der Waals surface area contributed by atoms with Crippen molar-refractivity contribution in [3.05, 3.63) is 28.7 Å². The van der Waals surface area contributed by atoms with E-state index in [0.29, 0.717) is 6.04 Å². The molecule has 0 aromatic carbocycles. The minimum Gasteiger partial charge on any atom is -0.381 e. The van der Waals surface area contributed by atoms with E-state index in [1.54, 1.807) is 10.6 Å². The fourth-order valence-corrected chi connectivity index (χ4v) is 2.44. The molecule has 0 bridgehead atoms. The van der Waals surface area contributed by atoms with E-state index < -0.39 is 0 Å². The van der Waals surface area contributed by atoms with Crippen LogP contribution in [0, 0.1) is 5.92 Å². The molecule has 1 aliphatic rings. The third-order valence-corrected chi connectivity index (χ3v) is 3.65. The number of nitrogens with one attached hydrogen (secondary N) is 1. The van der Waals surface area contributed by atoms with Crippen molar-refractivity contribution in [2.75, 3.05) is 5.32 Å². The van der Waals surface area contributed by atoms with Crippen LogP contribution in [0.4, 0.5) is 5.69 Å². The topological polar surface area (TPSA) is 34.0 Å². The lowest BCUT2D eigenvalue weighted by Gasteiger charge is -2.29. The van der Waals surface area contributed by atoms with Crippen LogP contribution < -0.4 is 10.9 Å². The first kappa shape index (κ1) is 12.2. The Balaban J connectivity index is 1.94. The van der Waals surface area contributed by atoms with E-state index in [1.807, 2.05) is 19.2 Å². The summed E-state index contributed by atoms with van der Waals surface area (Å²) in [5, 5.41) is 3.48. The lowest BCUT2D eigenvalue weighted by atomic mass is 9.81. The van der Waals surface area contributed by atoms with Crippen molar-refractivity contribution in [2.45, 2.75) is 52.1 Å². The van der Waals surface area contributed by atoms with Crippen LogP contribution in [-0.2, 0) is 6.54 Å². The zero-order valence-corrected chi connectivity index (χ0v) is 10.8. The van der Waals surface area contributed by atoms with Crippen LogP contribution in [-0.4, -0.2) is 10.6 Å². The average Bonchev–Trinajstić information content (AvgIpc) is 2.26. The summed E-state index contributed by atoms with van der Waals surface area (Å²) in [6.45, 7) is 4.94. The Morgan fingerprint density at radius 2 is 2.24 bits per heavy atom. The van der Waals surface area contributed by atoms with Crippen LogP contribution in [0.25, 0.3) is 0 Å². The summed E-state index contributed by atoms with van der Waals surface area (Å²) in [6, 6.07) is 4.01. The number of nitrogens with zero attached hydrogens (tertiary/aromatic N) is 1. The highest BCUT2D eigenvalue weighted by molar-refractivity contribution is 5.41. The molecule has 0 aliphatic heterocycles. The van der Waals surface area contributed by atoms with Crippen molar-refractivity contribution < 1.29 is 0 Å². The molecule has 17 heavy (non-hydrogen) atoms. The largest absolute Gasteiger partial charge is 0.381 e. The monoisotopic (exact) mass is 234 g/mol. The van der Waals surface area contributed by atoms with Crippen LogP contribution in [0.1, 0.15) is 39.5 Å². The molecule has 2 rings (SSSR count). The number of anilines is 1. The molecular weight excluding hydrogens is 212 g/mol. The van der Waals surface area contributed by atoms with Gasteiger partial charge in [0.25, 0.3) is 5.56 Å². The molecule has 1 aromatic rings. The highest BCUT2D eigenvalue weighted by Gasteiger charge is 2.19. The maximum Gasteiger partial charge on any atom is 0.250 e. The number of pyridine rings is 1. The lowest BCUT2D eigenvalue weighted by molar-refractivity contribution is 0.286. The average molecular weight is 234 g/mol. The Morgan fingerprint density at radius 1 is 1.47 bits per heavy atom. The molecule has 0 spiro atoms. The summed E-state index contributed by atoms with van der Waals surface area (Å²) < 4.78 is 1.73. The summed E-state index contributed by atoms with van der Waals surface area (Å²) >= 11 is 0. The molecular formula is C14H22N2O. The van der Waals surface area contributed by atoms with Gasteiger partial charge in [-0.15, -0.1) is 0 Å². The second-order valence-corrected chi connectivity index (χ2v) is 5.12. The smallest absolute Gasteiger partial charge is 0.250 e. The molecule has 0 saturated heterocycles. The summed E-state index contributed by atoms with van der Waals surface area (Å²) in [6.07, 6.45) is 7.34. The highest BCUT2D eigenvalue weighted by Crippen LogP contribution is 2.30. The second kappa shape index (κ2) is 5.39. The van der Waals surface area contributed by atoms with Crippen LogP contribution in [0.15, 0.2) is 23.1 Å². The molecule has 1 aromatic heterocycles. The van der Waals surface area contributed by atoms with Crippen molar-refractivity contribution in [3.8, 4) is 0 Å². The maximum absolute atomic E-state index is 11.5. The number of rotatable bonds is 5. The molecule has 0 radical (unpaired) electrons. The lowest BCUT2D eigenvalue weighted by Crippen LogP contribution is -2.24. The second-order valence-electron chi connectivity index (χ2n) is 5.12. The van der Waals surface area contributed by atoms with Gasteiger partial charge in [0, 0.05) is 24.8 Å². The Bertz CT molecular complexity index is 420. The molecule has 3 nitrogen and oxygen atoms in total. The highest BCUT2D eigenvalue weighted by atomic mass is 16.1. The van der Waals surface area contributed by atoms with Crippen molar-refractivity contribution in [3.63, 3.8) is 0 Å². The number of aryl methyl sites for hydroxylation is 1. The van der Waals surface area contributed by atoms with Gasteiger partial charge in [0.15, 0.2) is 0 Å². The van der Waals surface area contributed by atoms with E-state index >= 15 is 0 Å². The molecule has 94 valence electrons. The van der Waals surface area contributed by atoms with Gasteiger partial charge in [-0.1, -0.05) is 19.3 Å². The minimum atomic E-state index is 0.0738. The molecule has 1 aliphatic carbocycles. The fourth-order valence-electron chi connectivity index (χ4n) is 2.44. The number of hydrogen-bond acceptors (Lipinski definition) is 2. The van der Waals surface area contributed by atoms with Crippen LogP contribution in [0.3, 0.4) is 0 Å². The van der Waals surface area contributed by atoms with Crippen molar-refractivity contribution >= 4 is 5.69 Å². The molecule has 1 saturated carbocycles. The molecule has 1 atom stereocenters. The summed E-state index contributed by atoms with van der Waals surface area (Å²) in [5.41, 5.74) is 1.13. The van der Waals surface area contributed by atoms with Crippen molar-refractivity contribution in [2.24, 2.45) is 5.92 Å². The first-order valence-corrected chi connectivity index (χ1v) is 6.66. The van der Waals surface area contributed by atoms with Crippen LogP contribution in [0.2, 0.25) is 0 Å². The first-order valence-electron chi connectivity index (χ1n) is 6.66. The Labute approximate surface area is 103 Å². The van der Waals surface area contributed by atoms with Gasteiger partial charge in [-0.05, 0) is 32.3 Å². The van der Waals surface area contributed by atoms with E-state index in [9.17, 15) is 4.79 Å². The predicted octanol–water partition coefficient (Wildman–Crippen LogP) is 2.86. The van der Waals surface area contributed by atoms with E-state index in [-0.39, 0.29) is 5.56 Å². The van der Waals surface area contributed by atoms with Gasteiger partial charge in [0.2, 0.25) is 0 Å². The Kier molecular flexibility index (Phi) is 3.87. The number of aromatic nitrogens is 1.